The average Bonchev–Trinajstić information content (AvgIpc) is 2.74. The second-order valence-corrected chi connectivity index (χ2v) is 6.12. The first-order valence-electron chi connectivity index (χ1n) is 8.67. The molecule has 0 saturated heterocycles. The molecule has 0 aromatic heterocycles. The van der Waals surface area contributed by atoms with E-state index in [1.807, 2.05) is 13.0 Å². The molecule has 3 amide bonds. The van der Waals surface area contributed by atoms with Gasteiger partial charge in [0, 0.05) is 22.4 Å². The minimum absolute atomic E-state index is 0.265. The van der Waals surface area contributed by atoms with Crippen molar-refractivity contribution in [2.45, 2.75) is 6.92 Å². The highest BCUT2D eigenvalue weighted by Gasteiger charge is 2.12. The van der Waals surface area contributed by atoms with Gasteiger partial charge >= 0.3 is 0 Å². The van der Waals surface area contributed by atoms with Crippen molar-refractivity contribution in [3.63, 3.8) is 0 Å². The van der Waals surface area contributed by atoms with Gasteiger partial charge in [-0.2, -0.15) is 0 Å². The van der Waals surface area contributed by atoms with Gasteiger partial charge in [0.2, 0.25) is 0 Å². The second kappa shape index (κ2) is 8.64. The van der Waals surface area contributed by atoms with Crippen LogP contribution in [-0.2, 0) is 0 Å². The third-order valence-electron chi connectivity index (χ3n) is 4.11. The van der Waals surface area contributed by atoms with Crippen molar-refractivity contribution in [2.75, 3.05) is 5.32 Å². The summed E-state index contributed by atoms with van der Waals surface area (Å²) in [4.78, 5) is 36.7. The highest BCUT2D eigenvalue weighted by Crippen LogP contribution is 2.18. The highest BCUT2D eigenvalue weighted by atomic mass is 16.2. The summed E-state index contributed by atoms with van der Waals surface area (Å²) in [6.07, 6.45) is 0. The molecular formula is C22H19N3O3. The van der Waals surface area contributed by atoms with Gasteiger partial charge in [0.25, 0.3) is 17.7 Å². The molecule has 28 heavy (non-hydrogen) atoms. The van der Waals surface area contributed by atoms with Gasteiger partial charge in [-0.1, -0.05) is 42.5 Å². The summed E-state index contributed by atoms with van der Waals surface area (Å²) in [6, 6.07) is 22.3. The Labute approximate surface area is 162 Å². The highest BCUT2D eigenvalue weighted by molar-refractivity contribution is 6.05. The lowest BCUT2D eigenvalue weighted by atomic mass is 10.1. The maximum absolute atomic E-state index is 12.4. The zero-order valence-electron chi connectivity index (χ0n) is 15.2. The predicted molar refractivity (Wildman–Crippen MR) is 107 cm³/mol. The summed E-state index contributed by atoms with van der Waals surface area (Å²) >= 11 is 0. The van der Waals surface area contributed by atoms with Gasteiger partial charge in [0.1, 0.15) is 0 Å². The normalized spacial score (nSPS) is 10.0. The number of anilines is 1. The molecule has 3 rings (SSSR count). The van der Waals surface area contributed by atoms with Crippen molar-refractivity contribution >= 4 is 23.4 Å². The minimum Gasteiger partial charge on any atom is -0.322 e. The monoisotopic (exact) mass is 373 g/mol. The maximum Gasteiger partial charge on any atom is 0.269 e. The van der Waals surface area contributed by atoms with Crippen molar-refractivity contribution in [1.29, 1.82) is 0 Å². The van der Waals surface area contributed by atoms with Crippen LogP contribution in [0.1, 0.15) is 36.6 Å². The van der Waals surface area contributed by atoms with Gasteiger partial charge < -0.3 is 5.32 Å². The fourth-order valence-electron chi connectivity index (χ4n) is 2.53. The lowest BCUT2D eigenvalue weighted by Crippen LogP contribution is -2.41. The molecule has 0 aliphatic heterocycles. The van der Waals surface area contributed by atoms with Crippen molar-refractivity contribution in [3.05, 3.63) is 101 Å². The van der Waals surface area contributed by atoms with E-state index in [1.165, 1.54) is 0 Å². The van der Waals surface area contributed by atoms with Crippen molar-refractivity contribution in [3.8, 4) is 0 Å². The summed E-state index contributed by atoms with van der Waals surface area (Å²) in [7, 11) is 0. The second-order valence-electron chi connectivity index (χ2n) is 6.12. The van der Waals surface area contributed by atoms with Crippen LogP contribution in [-0.4, -0.2) is 17.7 Å². The van der Waals surface area contributed by atoms with Gasteiger partial charge in [-0.25, -0.2) is 0 Å². The predicted octanol–water partition coefficient (Wildman–Crippen LogP) is 3.32. The quantitative estimate of drug-likeness (QED) is 0.613. The molecule has 0 radical (unpaired) electrons. The first-order chi connectivity index (χ1) is 13.5. The molecule has 0 atom stereocenters. The van der Waals surface area contributed by atoms with E-state index in [4.69, 9.17) is 0 Å². The van der Waals surface area contributed by atoms with E-state index < -0.39 is 11.8 Å². The topological polar surface area (TPSA) is 87.3 Å². The molecule has 0 spiro atoms. The molecule has 0 heterocycles. The standard InChI is InChI=1S/C22H19N3O3/c1-15-12-13-18(14-19(15)23-20(26)16-8-4-2-5-9-16)22(28)25-24-21(27)17-10-6-3-7-11-17/h2-14H,1H3,(H,23,26)(H,24,27)(H,25,28). The molecule has 6 heteroatoms. The van der Waals surface area contributed by atoms with Gasteiger partial charge in [-0.15, -0.1) is 0 Å². The zero-order chi connectivity index (χ0) is 19.9. The van der Waals surface area contributed by atoms with Crippen LogP contribution in [0.25, 0.3) is 0 Å². The van der Waals surface area contributed by atoms with E-state index in [9.17, 15) is 14.4 Å². The van der Waals surface area contributed by atoms with Crippen LogP contribution in [0, 0.1) is 6.92 Å². The molecule has 3 aromatic rings. The van der Waals surface area contributed by atoms with Crippen molar-refractivity contribution < 1.29 is 14.4 Å². The van der Waals surface area contributed by atoms with E-state index in [-0.39, 0.29) is 5.91 Å². The van der Waals surface area contributed by atoms with Crippen LogP contribution < -0.4 is 16.2 Å². The summed E-state index contributed by atoms with van der Waals surface area (Å²) in [5.41, 5.74) is 7.35. The largest absolute Gasteiger partial charge is 0.322 e. The van der Waals surface area contributed by atoms with E-state index in [2.05, 4.69) is 16.2 Å². The number of amides is 3. The molecule has 3 aromatic carbocycles. The average molecular weight is 373 g/mol. The van der Waals surface area contributed by atoms with E-state index in [1.54, 1.807) is 72.8 Å². The number of hydrogen-bond donors (Lipinski definition) is 3. The molecule has 6 nitrogen and oxygen atoms in total. The molecule has 0 bridgehead atoms. The Bertz CT molecular complexity index is 1000. The molecule has 3 N–H and O–H groups in total. The number of hydrogen-bond acceptors (Lipinski definition) is 3. The number of nitrogens with one attached hydrogen (secondary N) is 3. The zero-order valence-corrected chi connectivity index (χ0v) is 15.2. The number of carbonyl (C=O) groups excluding carboxylic acids is 3. The number of aryl methyl sites for hydroxylation is 1. The first kappa shape index (κ1) is 18.8. The summed E-state index contributed by atoms with van der Waals surface area (Å²) in [5.74, 6) is -1.17. The summed E-state index contributed by atoms with van der Waals surface area (Å²) < 4.78 is 0. The summed E-state index contributed by atoms with van der Waals surface area (Å²) in [5, 5.41) is 2.81. The van der Waals surface area contributed by atoms with Gasteiger partial charge in [0.05, 0.1) is 0 Å². The van der Waals surface area contributed by atoms with Crippen LogP contribution in [0.15, 0.2) is 78.9 Å². The smallest absolute Gasteiger partial charge is 0.269 e. The van der Waals surface area contributed by atoms with Crippen LogP contribution in [0.3, 0.4) is 0 Å². The van der Waals surface area contributed by atoms with Gasteiger partial charge in [0.15, 0.2) is 0 Å². The maximum atomic E-state index is 12.4. The number of rotatable bonds is 4. The van der Waals surface area contributed by atoms with Crippen LogP contribution >= 0.6 is 0 Å². The third-order valence-corrected chi connectivity index (χ3v) is 4.11. The van der Waals surface area contributed by atoms with Gasteiger partial charge in [-0.05, 0) is 48.9 Å². The number of benzene rings is 3. The fourth-order valence-corrected chi connectivity index (χ4v) is 2.53. The molecule has 0 aliphatic carbocycles. The number of hydrazine groups is 1. The molecule has 0 saturated carbocycles. The molecule has 0 unspecified atom stereocenters. The number of carbonyl (C=O) groups is 3. The van der Waals surface area contributed by atoms with Crippen molar-refractivity contribution in [1.82, 2.24) is 10.9 Å². The van der Waals surface area contributed by atoms with Crippen LogP contribution in [0.2, 0.25) is 0 Å². The molecule has 0 fully saturated rings. The van der Waals surface area contributed by atoms with E-state index in [0.29, 0.717) is 22.4 Å². The molecular weight excluding hydrogens is 354 g/mol. The van der Waals surface area contributed by atoms with Gasteiger partial charge in [-0.3, -0.25) is 25.2 Å². The minimum atomic E-state index is -0.487. The van der Waals surface area contributed by atoms with Crippen LogP contribution in [0.5, 0.6) is 0 Å². The first-order valence-corrected chi connectivity index (χ1v) is 8.67. The Morgan fingerprint density at radius 1 is 0.607 bits per heavy atom. The third kappa shape index (κ3) is 4.62. The SMILES string of the molecule is Cc1ccc(C(=O)NNC(=O)c2ccccc2)cc1NC(=O)c1ccccc1. The van der Waals surface area contributed by atoms with E-state index >= 15 is 0 Å². The Hall–Kier alpha value is -3.93. The Morgan fingerprint density at radius 2 is 1.11 bits per heavy atom. The lowest BCUT2D eigenvalue weighted by molar-refractivity contribution is 0.0846. The fraction of sp³-hybridized carbons (Fsp3) is 0.0455. The summed E-state index contributed by atoms with van der Waals surface area (Å²) in [6.45, 7) is 1.83. The van der Waals surface area contributed by atoms with Crippen molar-refractivity contribution in [2.24, 2.45) is 0 Å². The van der Waals surface area contributed by atoms with Crippen LogP contribution in [0.4, 0.5) is 5.69 Å². The Morgan fingerprint density at radius 3 is 1.68 bits per heavy atom. The lowest BCUT2D eigenvalue weighted by Gasteiger charge is -2.12. The molecule has 140 valence electrons. The van der Waals surface area contributed by atoms with E-state index in [0.717, 1.165) is 5.56 Å². The Kier molecular flexibility index (Phi) is 5.81. The molecule has 0 aliphatic rings. The Balaban J connectivity index is 1.67.